The SMILES string of the molecule is c1ccc(-c2ccccc2-c2ccccc2-c2ccccc2N(c2ccc(-c3ccc(-c4cccc5ccccc45)cc3)cc2)c2ccc3c(c2)oc2ccccc23)cc1. The second-order valence-electron chi connectivity index (χ2n) is 15.2. The predicted octanol–water partition coefficient (Wildman–Crippen LogP) is 16.5. The molecule has 0 spiro atoms. The molecule has 0 aliphatic rings. The van der Waals surface area contributed by atoms with Gasteiger partial charge in [0, 0.05) is 33.8 Å². The number of furan rings is 1. The summed E-state index contributed by atoms with van der Waals surface area (Å²) in [4.78, 5) is 2.37. The van der Waals surface area contributed by atoms with Gasteiger partial charge in [-0.25, -0.2) is 0 Å². The summed E-state index contributed by atoms with van der Waals surface area (Å²) in [5.41, 5.74) is 16.7. The molecule has 0 N–H and O–H groups in total. The Morgan fingerprint density at radius 2 is 0.750 bits per heavy atom. The molecular formula is C58H39NO. The van der Waals surface area contributed by atoms with Crippen molar-refractivity contribution in [3.8, 4) is 55.6 Å². The predicted molar refractivity (Wildman–Crippen MR) is 253 cm³/mol. The van der Waals surface area contributed by atoms with Crippen molar-refractivity contribution >= 4 is 49.8 Å². The van der Waals surface area contributed by atoms with Crippen molar-refractivity contribution in [1.82, 2.24) is 0 Å². The summed E-state index contributed by atoms with van der Waals surface area (Å²) in [5, 5.41) is 4.74. The van der Waals surface area contributed by atoms with E-state index in [9.17, 15) is 0 Å². The summed E-state index contributed by atoms with van der Waals surface area (Å²) in [7, 11) is 0. The number of fused-ring (bicyclic) bond motifs is 4. The van der Waals surface area contributed by atoms with Gasteiger partial charge in [-0.2, -0.15) is 0 Å². The van der Waals surface area contributed by atoms with Gasteiger partial charge in [0.2, 0.25) is 0 Å². The minimum Gasteiger partial charge on any atom is -0.456 e. The van der Waals surface area contributed by atoms with E-state index in [2.05, 4.69) is 229 Å². The second kappa shape index (κ2) is 15.1. The van der Waals surface area contributed by atoms with E-state index in [1.165, 1.54) is 49.7 Å². The van der Waals surface area contributed by atoms with Crippen LogP contribution in [0.3, 0.4) is 0 Å². The first-order valence-corrected chi connectivity index (χ1v) is 20.5. The lowest BCUT2D eigenvalue weighted by Crippen LogP contribution is -2.11. The molecule has 0 atom stereocenters. The Balaban J connectivity index is 1.03. The smallest absolute Gasteiger partial charge is 0.137 e. The topological polar surface area (TPSA) is 16.4 Å². The van der Waals surface area contributed by atoms with Crippen LogP contribution in [0.2, 0.25) is 0 Å². The lowest BCUT2D eigenvalue weighted by molar-refractivity contribution is 0.669. The maximum atomic E-state index is 6.48. The largest absolute Gasteiger partial charge is 0.456 e. The Morgan fingerprint density at radius 3 is 1.52 bits per heavy atom. The van der Waals surface area contributed by atoms with E-state index in [-0.39, 0.29) is 0 Å². The number of nitrogens with zero attached hydrogens (tertiary/aromatic N) is 1. The molecule has 1 heterocycles. The molecule has 11 aromatic rings. The Bertz CT molecular complexity index is 3300. The van der Waals surface area contributed by atoms with Crippen molar-refractivity contribution in [1.29, 1.82) is 0 Å². The Morgan fingerprint density at radius 1 is 0.267 bits per heavy atom. The zero-order chi connectivity index (χ0) is 39.8. The van der Waals surface area contributed by atoms with Crippen molar-refractivity contribution in [3.05, 3.63) is 237 Å². The molecule has 282 valence electrons. The highest BCUT2D eigenvalue weighted by Crippen LogP contribution is 2.46. The molecule has 11 rings (SSSR count). The Labute approximate surface area is 349 Å². The molecule has 0 unspecified atom stereocenters. The molecule has 10 aromatic carbocycles. The average molecular weight is 766 g/mol. The number of hydrogen-bond donors (Lipinski definition) is 0. The van der Waals surface area contributed by atoms with Gasteiger partial charge in [-0.3, -0.25) is 0 Å². The average Bonchev–Trinajstić information content (AvgIpc) is 3.70. The maximum Gasteiger partial charge on any atom is 0.137 e. The van der Waals surface area contributed by atoms with Crippen LogP contribution in [0.15, 0.2) is 241 Å². The fraction of sp³-hybridized carbons (Fsp3) is 0. The molecule has 0 saturated carbocycles. The van der Waals surface area contributed by atoms with E-state index in [1.807, 2.05) is 12.1 Å². The van der Waals surface area contributed by atoms with Crippen molar-refractivity contribution in [2.75, 3.05) is 4.90 Å². The summed E-state index contributed by atoms with van der Waals surface area (Å²) in [6.45, 7) is 0. The van der Waals surface area contributed by atoms with Crippen LogP contribution < -0.4 is 4.90 Å². The highest BCUT2D eigenvalue weighted by molar-refractivity contribution is 6.06. The molecule has 0 fully saturated rings. The zero-order valence-corrected chi connectivity index (χ0v) is 32.9. The molecule has 0 amide bonds. The van der Waals surface area contributed by atoms with Crippen molar-refractivity contribution in [2.24, 2.45) is 0 Å². The summed E-state index contributed by atoms with van der Waals surface area (Å²) in [6, 6.07) is 84.8. The van der Waals surface area contributed by atoms with Crippen molar-refractivity contribution in [3.63, 3.8) is 0 Å². The van der Waals surface area contributed by atoms with Crippen LogP contribution in [0, 0.1) is 0 Å². The Hall–Kier alpha value is -7.94. The first-order chi connectivity index (χ1) is 29.8. The third kappa shape index (κ3) is 6.32. The number of hydrogen-bond acceptors (Lipinski definition) is 2. The molecule has 1 aromatic heterocycles. The summed E-state index contributed by atoms with van der Waals surface area (Å²) in [6.07, 6.45) is 0. The minimum absolute atomic E-state index is 0.858. The first kappa shape index (κ1) is 35.2. The number of para-hydroxylation sites is 2. The lowest BCUT2D eigenvalue weighted by atomic mass is 9.88. The fourth-order valence-corrected chi connectivity index (χ4v) is 8.84. The van der Waals surface area contributed by atoms with E-state index < -0.39 is 0 Å². The quantitative estimate of drug-likeness (QED) is 0.153. The van der Waals surface area contributed by atoms with E-state index in [1.54, 1.807) is 0 Å². The summed E-state index contributed by atoms with van der Waals surface area (Å²) >= 11 is 0. The summed E-state index contributed by atoms with van der Waals surface area (Å²) in [5.74, 6) is 0. The highest BCUT2D eigenvalue weighted by atomic mass is 16.3. The van der Waals surface area contributed by atoms with Crippen LogP contribution in [0.5, 0.6) is 0 Å². The minimum atomic E-state index is 0.858. The van der Waals surface area contributed by atoms with E-state index in [0.29, 0.717) is 0 Å². The van der Waals surface area contributed by atoms with Crippen LogP contribution in [0.1, 0.15) is 0 Å². The molecule has 2 heteroatoms. The van der Waals surface area contributed by atoms with Crippen molar-refractivity contribution < 1.29 is 4.42 Å². The van der Waals surface area contributed by atoms with E-state index in [4.69, 9.17) is 4.42 Å². The maximum absolute atomic E-state index is 6.48. The second-order valence-corrected chi connectivity index (χ2v) is 15.2. The number of benzene rings is 10. The van der Waals surface area contributed by atoms with Gasteiger partial charge in [0.15, 0.2) is 0 Å². The van der Waals surface area contributed by atoms with Gasteiger partial charge in [0.05, 0.1) is 5.69 Å². The monoisotopic (exact) mass is 765 g/mol. The molecular weight excluding hydrogens is 727 g/mol. The van der Waals surface area contributed by atoms with Gasteiger partial charge in [-0.15, -0.1) is 0 Å². The molecule has 0 aliphatic heterocycles. The van der Waals surface area contributed by atoms with Gasteiger partial charge < -0.3 is 9.32 Å². The molecule has 0 aliphatic carbocycles. The van der Waals surface area contributed by atoms with Crippen LogP contribution in [-0.2, 0) is 0 Å². The third-order valence-corrected chi connectivity index (χ3v) is 11.7. The van der Waals surface area contributed by atoms with E-state index in [0.717, 1.165) is 55.7 Å². The fourth-order valence-electron chi connectivity index (χ4n) is 8.84. The normalized spacial score (nSPS) is 11.3. The zero-order valence-electron chi connectivity index (χ0n) is 32.9. The van der Waals surface area contributed by atoms with Gasteiger partial charge in [-0.05, 0) is 97.2 Å². The molecule has 2 nitrogen and oxygen atoms in total. The summed E-state index contributed by atoms with van der Waals surface area (Å²) < 4.78 is 6.48. The van der Waals surface area contributed by atoms with Crippen molar-refractivity contribution in [2.45, 2.75) is 0 Å². The molecule has 0 bridgehead atoms. The number of rotatable bonds is 8. The number of anilines is 3. The van der Waals surface area contributed by atoms with Gasteiger partial charge in [0.1, 0.15) is 11.2 Å². The van der Waals surface area contributed by atoms with Crippen LogP contribution in [0.25, 0.3) is 88.3 Å². The van der Waals surface area contributed by atoms with Gasteiger partial charge in [0.25, 0.3) is 0 Å². The Kier molecular flexibility index (Phi) is 8.87. The molecule has 0 saturated heterocycles. The van der Waals surface area contributed by atoms with Crippen LogP contribution in [-0.4, -0.2) is 0 Å². The van der Waals surface area contributed by atoms with Crippen LogP contribution >= 0.6 is 0 Å². The molecule has 60 heavy (non-hydrogen) atoms. The first-order valence-electron chi connectivity index (χ1n) is 20.5. The van der Waals surface area contributed by atoms with E-state index >= 15 is 0 Å². The van der Waals surface area contributed by atoms with Gasteiger partial charge >= 0.3 is 0 Å². The van der Waals surface area contributed by atoms with Gasteiger partial charge in [-0.1, -0.05) is 194 Å². The van der Waals surface area contributed by atoms with Crippen LogP contribution in [0.4, 0.5) is 17.1 Å². The third-order valence-electron chi connectivity index (χ3n) is 11.7. The molecule has 0 radical (unpaired) electrons. The standard InChI is InChI=1S/C58H39NO/c1-2-15-42(16-3-1)49-20-6-7-21-50(49)51-22-8-9-23-52(51)53-24-10-12-27-56(53)59(46-37-38-55-54-25-11-13-28-57(54)60-58(55)39-46)45-35-33-41(34-36-45)40-29-31-44(32-30-40)48-26-14-18-43-17-4-5-19-47(43)48/h1-39H. The highest BCUT2D eigenvalue weighted by Gasteiger charge is 2.21. The lowest BCUT2D eigenvalue weighted by Gasteiger charge is -2.28.